The molecule has 2 N–H and O–H groups in total. The van der Waals surface area contributed by atoms with Crippen molar-refractivity contribution in [1.29, 1.82) is 0 Å². The molecule has 7 nitrogen and oxygen atoms in total. The van der Waals surface area contributed by atoms with Gasteiger partial charge in [-0.15, -0.1) is 0 Å². The molecular weight excluding hydrogens is 440 g/mol. The molecule has 0 fully saturated rings. The Morgan fingerprint density at radius 1 is 0.935 bits per heavy atom. The first-order valence-corrected chi connectivity index (χ1v) is 11.1. The van der Waals surface area contributed by atoms with Gasteiger partial charge in [0.25, 0.3) is 10.0 Å². The summed E-state index contributed by atoms with van der Waals surface area (Å²) in [4.78, 5) is 12.4. The largest absolute Gasteiger partial charge is 0.496 e. The summed E-state index contributed by atoms with van der Waals surface area (Å²) in [5, 5.41) is 2.97. The summed E-state index contributed by atoms with van der Waals surface area (Å²) in [6.07, 6.45) is 0.0655. The summed E-state index contributed by atoms with van der Waals surface area (Å²) in [6.45, 7) is 0. The normalized spacial score (nSPS) is 10.9. The molecule has 0 heterocycles. The smallest absolute Gasteiger partial charge is 0.265 e. The predicted molar refractivity (Wildman–Crippen MR) is 121 cm³/mol. The van der Waals surface area contributed by atoms with Crippen LogP contribution in [0.5, 0.6) is 11.5 Å². The second kappa shape index (κ2) is 9.72. The van der Waals surface area contributed by atoms with Gasteiger partial charge in [0.05, 0.1) is 31.4 Å². The van der Waals surface area contributed by atoms with E-state index in [-0.39, 0.29) is 33.7 Å². The number of para-hydroxylation sites is 2. The summed E-state index contributed by atoms with van der Waals surface area (Å²) in [7, 11) is -1.14. The van der Waals surface area contributed by atoms with Crippen LogP contribution in [0.4, 0.5) is 11.4 Å². The fourth-order valence-corrected chi connectivity index (χ4v) is 4.45. The Morgan fingerprint density at radius 2 is 1.61 bits per heavy atom. The minimum atomic E-state index is -4.04. The molecule has 162 valence electrons. The summed E-state index contributed by atoms with van der Waals surface area (Å²) in [5.74, 6) is 0.402. The van der Waals surface area contributed by atoms with E-state index in [4.69, 9.17) is 21.1 Å². The van der Waals surface area contributed by atoms with Crippen LogP contribution in [-0.4, -0.2) is 28.5 Å². The molecule has 0 aromatic heterocycles. The molecular formula is C22H21ClN2O5S. The van der Waals surface area contributed by atoms with Crippen molar-refractivity contribution in [3.8, 4) is 11.5 Å². The third-order valence-corrected chi connectivity index (χ3v) is 6.11. The van der Waals surface area contributed by atoms with E-state index in [2.05, 4.69) is 10.0 Å². The number of halogens is 1. The first kappa shape index (κ1) is 22.5. The Morgan fingerprint density at radius 3 is 2.32 bits per heavy atom. The van der Waals surface area contributed by atoms with Crippen LogP contribution >= 0.6 is 11.6 Å². The van der Waals surface area contributed by atoms with Crippen molar-refractivity contribution in [1.82, 2.24) is 0 Å². The monoisotopic (exact) mass is 460 g/mol. The van der Waals surface area contributed by atoms with E-state index < -0.39 is 10.0 Å². The van der Waals surface area contributed by atoms with E-state index in [9.17, 15) is 13.2 Å². The van der Waals surface area contributed by atoms with Crippen LogP contribution in [0.2, 0.25) is 5.02 Å². The highest BCUT2D eigenvalue weighted by Crippen LogP contribution is 2.31. The Kier molecular flexibility index (Phi) is 7.04. The Balaban J connectivity index is 1.85. The van der Waals surface area contributed by atoms with Gasteiger partial charge in [0.2, 0.25) is 5.91 Å². The van der Waals surface area contributed by atoms with E-state index >= 15 is 0 Å². The number of methoxy groups -OCH3 is 2. The topological polar surface area (TPSA) is 93.7 Å². The second-order valence-electron chi connectivity index (χ2n) is 6.49. The number of sulfonamides is 1. The van der Waals surface area contributed by atoms with Crippen LogP contribution in [0.15, 0.2) is 71.6 Å². The Hall–Kier alpha value is -3.23. The van der Waals surface area contributed by atoms with Crippen molar-refractivity contribution in [2.24, 2.45) is 0 Å². The van der Waals surface area contributed by atoms with Crippen LogP contribution in [-0.2, 0) is 21.2 Å². The highest BCUT2D eigenvalue weighted by atomic mass is 35.5. The zero-order valence-electron chi connectivity index (χ0n) is 16.9. The molecule has 3 rings (SSSR count). The van der Waals surface area contributed by atoms with Gasteiger partial charge in [-0.1, -0.05) is 41.9 Å². The number of nitrogens with one attached hydrogen (secondary N) is 2. The maximum absolute atomic E-state index is 13.0. The van der Waals surface area contributed by atoms with Gasteiger partial charge >= 0.3 is 0 Å². The van der Waals surface area contributed by atoms with Crippen LogP contribution in [0, 0.1) is 0 Å². The molecule has 0 saturated carbocycles. The number of ether oxygens (including phenoxy) is 2. The standard InChI is InChI=1S/C22H21ClN2O5S/c1-29-19-10-6-3-7-15(19)13-22(26)24-16-11-12-20(30-2)21(14-16)31(27,28)25-18-9-5-4-8-17(18)23/h3-12,14,25H,13H2,1-2H3,(H,24,26). The summed E-state index contributed by atoms with van der Waals surface area (Å²) >= 11 is 6.07. The number of benzene rings is 3. The quantitative estimate of drug-likeness (QED) is 0.521. The molecule has 9 heteroatoms. The number of hydrogen-bond donors (Lipinski definition) is 2. The highest BCUT2D eigenvalue weighted by molar-refractivity contribution is 7.92. The molecule has 0 saturated heterocycles. The lowest BCUT2D eigenvalue weighted by molar-refractivity contribution is -0.115. The molecule has 0 aliphatic rings. The SMILES string of the molecule is COc1ccccc1CC(=O)Nc1ccc(OC)c(S(=O)(=O)Nc2ccccc2Cl)c1. The average molecular weight is 461 g/mol. The number of hydrogen-bond acceptors (Lipinski definition) is 5. The van der Waals surface area contributed by atoms with Gasteiger partial charge in [0.15, 0.2) is 0 Å². The van der Waals surface area contributed by atoms with Crippen LogP contribution in [0.25, 0.3) is 0 Å². The third-order valence-electron chi connectivity index (χ3n) is 4.40. The van der Waals surface area contributed by atoms with Gasteiger partial charge in [-0.25, -0.2) is 8.42 Å². The maximum atomic E-state index is 13.0. The van der Waals surface area contributed by atoms with Crippen molar-refractivity contribution in [3.63, 3.8) is 0 Å². The molecule has 31 heavy (non-hydrogen) atoms. The van der Waals surface area contributed by atoms with Crippen molar-refractivity contribution in [2.75, 3.05) is 24.3 Å². The maximum Gasteiger partial charge on any atom is 0.265 e. The second-order valence-corrected chi connectivity index (χ2v) is 8.55. The Bertz CT molecular complexity index is 1200. The van der Waals surface area contributed by atoms with Crippen LogP contribution in [0.3, 0.4) is 0 Å². The van der Waals surface area contributed by atoms with Crippen LogP contribution < -0.4 is 19.5 Å². The zero-order chi connectivity index (χ0) is 22.4. The van der Waals surface area contributed by atoms with Gasteiger partial charge in [0.1, 0.15) is 16.4 Å². The van der Waals surface area contributed by atoms with E-state index in [1.54, 1.807) is 42.5 Å². The molecule has 0 atom stereocenters. The number of anilines is 2. The molecule has 3 aromatic rings. The van der Waals surface area contributed by atoms with Crippen molar-refractivity contribution >= 4 is 38.9 Å². The molecule has 0 bridgehead atoms. The van der Waals surface area contributed by atoms with Crippen molar-refractivity contribution < 1.29 is 22.7 Å². The van der Waals surface area contributed by atoms with Crippen molar-refractivity contribution in [2.45, 2.75) is 11.3 Å². The number of carbonyl (C=O) groups excluding carboxylic acids is 1. The molecule has 3 aromatic carbocycles. The van der Waals surface area contributed by atoms with Gasteiger partial charge in [-0.3, -0.25) is 9.52 Å². The third kappa shape index (κ3) is 5.48. The predicted octanol–water partition coefficient (Wildman–Crippen LogP) is 4.34. The van der Waals surface area contributed by atoms with Crippen LogP contribution in [0.1, 0.15) is 5.56 Å². The fourth-order valence-electron chi connectivity index (χ4n) is 2.94. The van der Waals surface area contributed by atoms with Gasteiger partial charge in [-0.2, -0.15) is 0 Å². The summed E-state index contributed by atoms with van der Waals surface area (Å²) in [5.41, 5.74) is 1.25. The van der Waals surface area contributed by atoms with E-state index in [0.717, 1.165) is 0 Å². The average Bonchev–Trinajstić information content (AvgIpc) is 2.75. The molecule has 1 amide bonds. The van der Waals surface area contributed by atoms with E-state index in [0.29, 0.717) is 17.0 Å². The zero-order valence-corrected chi connectivity index (χ0v) is 18.5. The summed E-state index contributed by atoms with van der Waals surface area (Å²) < 4.78 is 38.8. The minimum Gasteiger partial charge on any atom is -0.496 e. The number of carbonyl (C=O) groups is 1. The Labute approximate surface area is 186 Å². The molecule has 0 spiro atoms. The van der Waals surface area contributed by atoms with Gasteiger partial charge in [0, 0.05) is 11.3 Å². The van der Waals surface area contributed by atoms with Gasteiger partial charge in [-0.05, 0) is 36.4 Å². The molecule has 0 aliphatic heterocycles. The lowest BCUT2D eigenvalue weighted by atomic mass is 10.1. The first-order valence-electron chi connectivity index (χ1n) is 9.21. The lowest BCUT2D eigenvalue weighted by Crippen LogP contribution is -2.17. The van der Waals surface area contributed by atoms with E-state index in [1.807, 2.05) is 12.1 Å². The first-order chi connectivity index (χ1) is 14.8. The minimum absolute atomic E-state index is 0.0655. The van der Waals surface area contributed by atoms with Gasteiger partial charge < -0.3 is 14.8 Å². The fraction of sp³-hybridized carbons (Fsp3) is 0.136. The van der Waals surface area contributed by atoms with Crippen molar-refractivity contribution in [3.05, 3.63) is 77.3 Å². The molecule has 0 aliphatic carbocycles. The van der Waals surface area contributed by atoms with E-state index in [1.165, 1.54) is 26.4 Å². The number of amides is 1. The summed E-state index contributed by atoms with van der Waals surface area (Å²) in [6, 6.07) is 18.0. The number of rotatable bonds is 8. The lowest BCUT2D eigenvalue weighted by Gasteiger charge is -2.14. The molecule has 0 unspecified atom stereocenters. The molecule has 0 radical (unpaired) electrons. The highest BCUT2D eigenvalue weighted by Gasteiger charge is 2.22.